The van der Waals surface area contributed by atoms with Crippen LogP contribution in [0.4, 0.5) is 0 Å². The molecule has 0 bridgehead atoms. The van der Waals surface area contributed by atoms with Crippen LogP contribution in [0.15, 0.2) is 36.5 Å². The van der Waals surface area contributed by atoms with Crippen molar-refractivity contribution in [2.45, 2.75) is 456 Å². The molecule has 2 atom stereocenters. The first-order valence-electron chi connectivity index (χ1n) is 39.7. The first kappa shape index (κ1) is 85.1. The third-order valence-corrected chi connectivity index (χ3v) is 18.7. The second-order valence-corrected chi connectivity index (χ2v) is 27.4. The van der Waals surface area contributed by atoms with Crippen LogP contribution in [0, 0.1) is 0 Å². The fourth-order valence-electron chi connectivity index (χ4n) is 12.6. The molecule has 2 unspecified atom stereocenters. The molecule has 0 aliphatic heterocycles. The van der Waals surface area contributed by atoms with Gasteiger partial charge in [-0.1, -0.05) is 384 Å². The highest BCUT2D eigenvalue weighted by atomic mass is 16.5. The van der Waals surface area contributed by atoms with Crippen molar-refractivity contribution in [3.8, 4) is 0 Å². The average Bonchev–Trinajstić information content (AvgIpc) is 3.53. The summed E-state index contributed by atoms with van der Waals surface area (Å²) in [5.74, 6) is -0.0153. The fourth-order valence-corrected chi connectivity index (χ4v) is 12.6. The van der Waals surface area contributed by atoms with Gasteiger partial charge in [0.2, 0.25) is 5.91 Å². The summed E-state index contributed by atoms with van der Waals surface area (Å²) in [6.45, 7) is 4.99. The minimum Gasteiger partial charge on any atom is -0.466 e. The summed E-state index contributed by atoms with van der Waals surface area (Å²) in [4.78, 5) is 24.6. The molecule has 0 aromatic carbocycles. The summed E-state index contributed by atoms with van der Waals surface area (Å²) < 4.78 is 5.50. The molecule has 0 fully saturated rings. The fraction of sp³-hybridized carbons (Fsp3) is 0.901. The number of carbonyl (C=O) groups is 2. The van der Waals surface area contributed by atoms with Gasteiger partial charge in [0.1, 0.15) is 0 Å². The van der Waals surface area contributed by atoms with E-state index in [-0.39, 0.29) is 18.5 Å². The van der Waals surface area contributed by atoms with E-state index in [2.05, 4.69) is 55.6 Å². The number of esters is 1. The summed E-state index contributed by atoms with van der Waals surface area (Å²) in [5.41, 5.74) is 0. The van der Waals surface area contributed by atoms with Crippen LogP contribution in [0.3, 0.4) is 0 Å². The lowest BCUT2D eigenvalue weighted by Crippen LogP contribution is -2.45. The van der Waals surface area contributed by atoms with Crippen LogP contribution in [-0.4, -0.2) is 47.4 Å². The summed E-state index contributed by atoms with van der Waals surface area (Å²) in [7, 11) is 0. The molecule has 3 N–H and O–H groups in total. The number of allylic oxidation sites excluding steroid dienone is 6. The minimum absolute atomic E-state index is 0.0130. The Morgan fingerprint density at radius 3 is 0.885 bits per heavy atom. The standard InChI is InChI=1S/C81H155NO5/c1-3-5-7-9-11-13-15-17-19-46-49-53-57-61-65-69-73-79(84)78(77-83)82-80(85)74-70-66-62-58-54-50-47-43-41-39-37-35-33-31-29-27-25-23-21-20-22-24-26-28-30-32-34-36-38-40-42-44-48-52-56-60-64-68-72-76-87-81(86)75-71-67-63-59-55-51-45-18-16-14-12-10-8-6-4-2/h18,20-21,24,26,45,78-79,83-84H,3-17,19,22-23,25,27-44,46-77H2,1-2H3,(H,82,85)/b21-20-,26-24-,45-18-. The van der Waals surface area contributed by atoms with E-state index in [0.717, 1.165) is 51.4 Å². The molecule has 0 aliphatic rings. The van der Waals surface area contributed by atoms with Gasteiger partial charge in [-0.05, 0) is 83.5 Å². The van der Waals surface area contributed by atoms with Crippen molar-refractivity contribution >= 4 is 11.9 Å². The topological polar surface area (TPSA) is 95.9 Å². The third-order valence-electron chi connectivity index (χ3n) is 18.7. The van der Waals surface area contributed by atoms with E-state index in [9.17, 15) is 19.8 Å². The highest BCUT2D eigenvalue weighted by molar-refractivity contribution is 5.76. The van der Waals surface area contributed by atoms with Gasteiger partial charge in [-0.15, -0.1) is 0 Å². The number of rotatable bonds is 75. The first-order chi connectivity index (χ1) is 43.0. The van der Waals surface area contributed by atoms with Gasteiger partial charge in [0.25, 0.3) is 0 Å². The van der Waals surface area contributed by atoms with Gasteiger partial charge in [-0.3, -0.25) is 9.59 Å². The summed E-state index contributed by atoms with van der Waals surface area (Å²) in [6, 6.07) is -0.539. The van der Waals surface area contributed by atoms with Crippen molar-refractivity contribution in [2.75, 3.05) is 13.2 Å². The van der Waals surface area contributed by atoms with Crippen LogP contribution in [-0.2, 0) is 14.3 Å². The van der Waals surface area contributed by atoms with Crippen molar-refractivity contribution in [1.29, 1.82) is 0 Å². The van der Waals surface area contributed by atoms with Gasteiger partial charge in [0.05, 0.1) is 25.4 Å². The smallest absolute Gasteiger partial charge is 0.305 e. The zero-order chi connectivity index (χ0) is 62.8. The van der Waals surface area contributed by atoms with Crippen LogP contribution in [0.25, 0.3) is 0 Å². The van der Waals surface area contributed by atoms with Crippen molar-refractivity contribution < 1.29 is 24.5 Å². The van der Waals surface area contributed by atoms with Gasteiger partial charge in [-0.2, -0.15) is 0 Å². The molecule has 1 amide bonds. The Labute approximate surface area is 544 Å². The van der Waals surface area contributed by atoms with E-state index in [1.807, 2.05) is 0 Å². The Morgan fingerprint density at radius 1 is 0.322 bits per heavy atom. The largest absolute Gasteiger partial charge is 0.466 e. The Kier molecular flexibility index (Phi) is 74.8. The SMILES string of the molecule is CCCCCCCC/C=C\CCCCCCCC(=O)OCCCCCCCCCCCCCCCCC/C=C\C/C=C\CCCCCCCCCCCCCCCCCCCC(=O)NC(CO)C(O)CCCCCCCCCCCCCCCCCC. The Hall–Kier alpha value is -1.92. The molecule has 87 heavy (non-hydrogen) atoms. The number of unbranched alkanes of at least 4 members (excludes halogenated alkanes) is 58. The highest BCUT2D eigenvalue weighted by Gasteiger charge is 2.20. The van der Waals surface area contributed by atoms with Gasteiger partial charge < -0.3 is 20.3 Å². The minimum atomic E-state index is -0.662. The third kappa shape index (κ3) is 73.0. The van der Waals surface area contributed by atoms with Crippen LogP contribution in [0.1, 0.15) is 444 Å². The number of aliphatic hydroxyl groups excluding tert-OH is 2. The number of ether oxygens (including phenoxy) is 1. The van der Waals surface area contributed by atoms with E-state index >= 15 is 0 Å². The quantitative estimate of drug-likeness (QED) is 0.0320. The molecule has 6 heteroatoms. The van der Waals surface area contributed by atoms with Gasteiger partial charge in [0, 0.05) is 12.8 Å². The second kappa shape index (κ2) is 76.5. The lowest BCUT2D eigenvalue weighted by atomic mass is 10.0. The summed E-state index contributed by atoms with van der Waals surface area (Å²) >= 11 is 0. The normalized spacial score (nSPS) is 12.6. The highest BCUT2D eigenvalue weighted by Crippen LogP contribution is 2.20. The van der Waals surface area contributed by atoms with E-state index in [0.29, 0.717) is 25.9 Å². The Bertz CT molecular complexity index is 1410. The number of hydrogen-bond acceptors (Lipinski definition) is 5. The van der Waals surface area contributed by atoms with Crippen LogP contribution in [0.2, 0.25) is 0 Å². The maximum atomic E-state index is 12.5. The van der Waals surface area contributed by atoms with Crippen LogP contribution < -0.4 is 5.32 Å². The van der Waals surface area contributed by atoms with Crippen molar-refractivity contribution in [1.82, 2.24) is 5.32 Å². The molecule has 0 aromatic rings. The van der Waals surface area contributed by atoms with E-state index in [4.69, 9.17) is 4.74 Å². The Morgan fingerprint density at radius 2 is 0.575 bits per heavy atom. The van der Waals surface area contributed by atoms with Gasteiger partial charge in [-0.25, -0.2) is 0 Å². The first-order valence-corrected chi connectivity index (χ1v) is 39.7. The number of amides is 1. The van der Waals surface area contributed by atoms with E-state index < -0.39 is 12.1 Å². The molecule has 0 aromatic heterocycles. The summed E-state index contributed by atoms with van der Waals surface area (Å²) in [6.07, 6.45) is 99.6. The molecule has 6 nitrogen and oxygen atoms in total. The summed E-state index contributed by atoms with van der Waals surface area (Å²) in [5, 5.41) is 23.4. The second-order valence-electron chi connectivity index (χ2n) is 27.4. The van der Waals surface area contributed by atoms with Crippen molar-refractivity contribution in [2.24, 2.45) is 0 Å². The molecule has 514 valence electrons. The average molecular weight is 1220 g/mol. The Balaban J connectivity index is 3.35. The molecule has 0 saturated heterocycles. The van der Waals surface area contributed by atoms with Crippen molar-refractivity contribution in [3.05, 3.63) is 36.5 Å². The molecule has 0 spiro atoms. The molecular weight excluding hydrogens is 1070 g/mol. The number of carbonyl (C=O) groups excluding carboxylic acids is 2. The maximum Gasteiger partial charge on any atom is 0.305 e. The number of hydrogen-bond donors (Lipinski definition) is 3. The molecule has 0 rings (SSSR count). The van der Waals surface area contributed by atoms with Crippen LogP contribution in [0.5, 0.6) is 0 Å². The monoisotopic (exact) mass is 1220 g/mol. The predicted molar refractivity (Wildman–Crippen MR) is 384 cm³/mol. The molecule has 0 radical (unpaired) electrons. The van der Waals surface area contributed by atoms with E-state index in [1.165, 1.54) is 360 Å². The molecule has 0 aliphatic carbocycles. The maximum absolute atomic E-state index is 12.5. The lowest BCUT2D eigenvalue weighted by molar-refractivity contribution is -0.143. The number of aliphatic hydroxyl groups is 2. The van der Waals surface area contributed by atoms with Gasteiger partial charge >= 0.3 is 5.97 Å². The molecule has 0 heterocycles. The zero-order valence-corrected chi connectivity index (χ0v) is 59.0. The zero-order valence-electron chi connectivity index (χ0n) is 59.0. The molecular formula is C81H155NO5. The lowest BCUT2D eigenvalue weighted by Gasteiger charge is -2.22. The van der Waals surface area contributed by atoms with Gasteiger partial charge in [0.15, 0.2) is 0 Å². The van der Waals surface area contributed by atoms with E-state index in [1.54, 1.807) is 0 Å². The predicted octanol–water partition coefficient (Wildman–Crippen LogP) is 26.2. The van der Waals surface area contributed by atoms with Crippen LogP contribution >= 0.6 is 0 Å². The number of nitrogens with one attached hydrogen (secondary N) is 1. The molecule has 0 saturated carbocycles. The van der Waals surface area contributed by atoms with Crippen molar-refractivity contribution in [3.63, 3.8) is 0 Å².